The zero-order valence-electron chi connectivity index (χ0n) is 59.0. The summed E-state index contributed by atoms with van der Waals surface area (Å²) in [6.45, 7) is 7.12. The van der Waals surface area contributed by atoms with Gasteiger partial charge in [0.15, 0.2) is 12.2 Å². The fraction of sp³-hybridized carbons (Fsp3) is 0.944. The molecular weight excluding hydrogens is 1200 g/mol. The van der Waals surface area contributed by atoms with Crippen molar-refractivity contribution >= 4 is 39.5 Å². The summed E-state index contributed by atoms with van der Waals surface area (Å²) in [4.78, 5) is 72.3. The predicted octanol–water partition coefficient (Wildman–Crippen LogP) is 20.9. The number of esters is 4. The van der Waals surface area contributed by atoms with Crippen LogP contribution in [0, 0.1) is 5.92 Å². The van der Waals surface area contributed by atoms with Crippen LogP contribution < -0.4 is 0 Å². The second kappa shape index (κ2) is 65.4. The number of carbonyl (C=O) groups is 4. The van der Waals surface area contributed by atoms with Crippen molar-refractivity contribution in [2.45, 2.75) is 393 Å². The number of aliphatic hydroxyl groups is 1. The van der Waals surface area contributed by atoms with E-state index in [2.05, 4.69) is 34.6 Å². The molecule has 0 saturated carbocycles. The van der Waals surface area contributed by atoms with Gasteiger partial charge in [0.2, 0.25) is 0 Å². The van der Waals surface area contributed by atoms with Crippen molar-refractivity contribution in [3.05, 3.63) is 0 Å². The van der Waals surface area contributed by atoms with Gasteiger partial charge in [-0.3, -0.25) is 37.3 Å². The molecule has 0 saturated heterocycles. The lowest BCUT2D eigenvalue weighted by atomic mass is 10.00. The topological polar surface area (TPSA) is 237 Å². The molecule has 91 heavy (non-hydrogen) atoms. The van der Waals surface area contributed by atoms with Crippen LogP contribution in [-0.2, 0) is 65.4 Å². The number of hydrogen-bond acceptors (Lipinski definition) is 15. The van der Waals surface area contributed by atoms with Gasteiger partial charge >= 0.3 is 39.5 Å². The Balaban J connectivity index is 5.13. The molecule has 3 N–H and O–H groups in total. The quantitative estimate of drug-likeness (QED) is 0.0222. The van der Waals surface area contributed by atoms with Gasteiger partial charge in [-0.2, -0.15) is 0 Å². The number of ether oxygens (including phenoxy) is 4. The van der Waals surface area contributed by atoms with E-state index in [9.17, 15) is 43.2 Å². The first kappa shape index (κ1) is 89.1. The number of hydrogen-bond donors (Lipinski definition) is 3. The molecule has 3 unspecified atom stereocenters. The summed E-state index contributed by atoms with van der Waals surface area (Å²) in [5.41, 5.74) is 0. The molecule has 0 aliphatic heterocycles. The third-order valence-electron chi connectivity index (χ3n) is 17.1. The molecule has 0 heterocycles. The van der Waals surface area contributed by atoms with Crippen molar-refractivity contribution < 1.29 is 80.2 Å². The summed E-state index contributed by atoms with van der Waals surface area (Å²) in [6, 6.07) is 0. The fourth-order valence-corrected chi connectivity index (χ4v) is 12.5. The van der Waals surface area contributed by atoms with Crippen molar-refractivity contribution in [2.75, 3.05) is 39.6 Å². The van der Waals surface area contributed by atoms with E-state index in [0.29, 0.717) is 25.7 Å². The van der Waals surface area contributed by atoms with Crippen LogP contribution in [0.1, 0.15) is 375 Å². The van der Waals surface area contributed by atoms with Crippen molar-refractivity contribution in [1.29, 1.82) is 0 Å². The lowest BCUT2D eigenvalue weighted by molar-refractivity contribution is -0.161. The third kappa shape index (κ3) is 65.1. The first-order valence-corrected chi connectivity index (χ1v) is 40.7. The third-order valence-corrected chi connectivity index (χ3v) is 19.0. The molecule has 0 amide bonds. The van der Waals surface area contributed by atoms with E-state index in [1.54, 1.807) is 0 Å². The number of phosphoric ester groups is 2. The lowest BCUT2D eigenvalue weighted by Crippen LogP contribution is -2.30. The van der Waals surface area contributed by atoms with Crippen LogP contribution >= 0.6 is 15.6 Å². The van der Waals surface area contributed by atoms with E-state index in [0.717, 1.165) is 102 Å². The molecule has 0 bridgehead atoms. The molecule has 0 spiro atoms. The van der Waals surface area contributed by atoms with Crippen molar-refractivity contribution in [1.82, 2.24) is 0 Å². The largest absolute Gasteiger partial charge is 0.472 e. The molecule has 6 atom stereocenters. The van der Waals surface area contributed by atoms with Crippen LogP contribution in [0.4, 0.5) is 0 Å². The van der Waals surface area contributed by atoms with E-state index in [-0.39, 0.29) is 25.7 Å². The number of unbranched alkanes of at least 4 members (excludes halogenated alkanes) is 43. The Bertz CT molecular complexity index is 1760. The highest BCUT2D eigenvalue weighted by molar-refractivity contribution is 7.47. The van der Waals surface area contributed by atoms with Gasteiger partial charge in [0.1, 0.15) is 19.3 Å². The van der Waals surface area contributed by atoms with Crippen LogP contribution in [0.25, 0.3) is 0 Å². The summed E-state index contributed by atoms with van der Waals surface area (Å²) in [5.74, 6) is -1.41. The standard InChI is InChI=1S/C72H140O17P2/c1-6-10-13-16-18-20-22-24-26-28-29-31-33-35-37-39-41-47-52-57-71(76)88-68(62-83-70(75)56-51-46-40-38-36-34-32-30-27-25-23-21-19-17-14-11-7-2)64-87-91(80,81)85-60-66(73)59-84-90(78,79)86-63-67(61-82-69(74)55-50-44-15-12-8-3)89-72(77)58-53-48-43-42-45-49-54-65(5)9-4/h65-68,73H,6-64H2,1-5H3,(H,78,79)(H,80,81)/t65?,66-,67+,68+/m0/s1. The Morgan fingerprint density at radius 3 is 0.780 bits per heavy atom. The van der Waals surface area contributed by atoms with Crippen molar-refractivity contribution in [3.8, 4) is 0 Å². The molecule has 0 radical (unpaired) electrons. The van der Waals surface area contributed by atoms with E-state index in [1.807, 2.05) is 0 Å². The molecule has 0 fully saturated rings. The second-order valence-electron chi connectivity index (χ2n) is 26.2. The monoisotopic (exact) mass is 1340 g/mol. The molecule has 17 nitrogen and oxygen atoms in total. The maximum absolute atomic E-state index is 13.1. The summed E-state index contributed by atoms with van der Waals surface area (Å²) in [5, 5.41) is 10.6. The lowest BCUT2D eigenvalue weighted by Gasteiger charge is -2.21. The predicted molar refractivity (Wildman–Crippen MR) is 368 cm³/mol. The Morgan fingerprint density at radius 1 is 0.308 bits per heavy atom. The van der Waals surface area contributed by atoms with E-state index in [1.165, 1.54) is 193 Å². The van der Waals surface area contributed by atoms with Gasteiger partial charge in [-0.05, 0) is 31.6 Å². The average Bonchev–Trinajstić information content (AvgIpc) is 3.70. The molecule has 0 aromatic heterocycles. The SMILES string of the molecule is CCCCCCCCCCCCCCCCCCCCCC(=O)O[C@H](COC(=O)CCCCCCCCCCCCCCCCCCC)COP(=O)(O)OC[C@@H](O)COP(=O)(O)OC[C@@H](COC(=O)CCCCCCC)OC(=O)CCCCCCCCC(C)CC. The summed E-state index contributed by atoms with van der Waals surface area (Å²) in [6.07, 6.45) is 53.3. The van der Waals surface area contributed by atoms with Gasteiger partial charge in [-0.1, -0.05) is 324 Å². The van der Waals surface area contributed by atoms with Crippen molar-refractivity contribution in [3.63, 3.8) is 0 Å². The molecule has 19 heteroatoms. The Morgan fingerprint density at radius 2 is 0.527 bits per heavy atom. The molecule has 540 valence electrons. The smallest absolute Gasteiger partial charge is 0.462 e. The second-order valence-corrected chi connectivity index (χ2v) is 29.1. The van der Waals surface area contributed by atoms with Crippen LogP contribution in [0.2, 0.25) is 0 Å². The van der Waals surface area contributed by atoms with E-state index < -0.39 is 97.5 Å². The highest BCUT2D eigenvalue weighted by atomic mass is 31.2. The minimum Gasteiger partial charge on any atom is -0.462 e. The van der Waals surface area contributed by atoms with Gasteiger partial charge < -0.3 is 33.8 Å². The highest BCUT2D eigenvalue weighted by Gasteiger charge is 2.30. The van der Waals surface area contributed by atoms with E-state index >= 15 is 0 Å². The number of phosphoric acid groups is 2. The van der Waals surface area contributed by atoms with Crippen LogP contribution in [0.3, 0.4) is 0 Å². The first-order chi connectivity index (χ1) is 44.1. The van der Waals surface area contributed by atoms with Crippen molar-refractivity contribution in [2.24, 2.45) is 5.92 Å². The molecule has 0 rings (SSSR count). The van der Waals surface area contributed by atoms with Crippen LogP contribution in [-0.4, -0.2) is 96.7 Å². The molecule has 0 aliphatic rings. The zero-order valence-corrected chi connectivity index (χ0v) is 60.8. The molecule has 0 aromatic rings. The molecule has 0 aliphatic carbocycles. The Hall–Kier alpha value is -1.94. The first-order valence-electron chi connectivity index (χ1n) is 37.7. The minimum atomic E-state index is -4.95. The summed E-state index contributed by atoms with van der Waals surface area (Å²) < 4.78 is 68.1. The zero-order chi connectivity index (χ0) is 67.0. The summed E-state index contributed by atoms with van der Waals surface area (Å²) >= 11 is 0. The van der Waals surface area contributed by atoms with Gasteiger partial charge in [0.25, 0.3) is 0 Å². The maximum atomic E-state index is 13.1. The molecule has 0 aromatic carbocycles. The Kier molecular flexibility index (Phi) is 64.0. The number of aliphatic hydroxyl groups excluding tert-OH is 1. The fourth-order valence-electron chi connectivity index (χ4n) is 11.0. The van der Waals surface area contributed by atoms with E-state index in [4.69, 9.17) is 37.0 Å². The minimum absolute atomic E-state index is 0.102. The summed E-state index contributed by atoms with van der Waals surface area (Å²) in [7, 11) is -9.89. The number of rotatable bonds is 72. The van der Waals surface area contributed by atoms with Gasteiger partial charge in [0, 0.05) is 25.7 Å². The van der Waals surface area contributed by atoms with Crippen LogP contribution in [0.5, 0.6) is 0 Å². The molecular formula is C72H140O17P2. The number of carbonyl (C=O) groups excluding carboxylic acids is 4. The van der Waals surface area contributed by atoms with Crippen LogP contribution in [0.15, 0.2) is 0 Å². The van der Waals surface area contributed by atoms with Gasteiger partial charge in [-0.15, -0.1) is 0 Å². The Labute approximate surface area is 556 Å². The van der Waals surface area contributed by atoms with Gasteiger partial charge in [-0.25, -0.2) is 9.13 Å². The highest BCUT2D eigenvalue weighted by Crippen LogP contribution is 2.45. The normalized spacial score (nSPS) is 14.3. The average molecular weight is 1340 g/mol. The maximum Gasteiger partial charge on any atom is 0.472 e. The van der Waals surface area contributed by atoms with Gasteiger partial charge in [0.05, 0.1) is 26.4 Å².